The summed E-state index contributed by atoms with van der Waals surface area (Å²) in [5, 5.41) is 14.5. The van der Waals surface area contributed by atoms with Crippen molar-refractivity contribution in [3.8, 4) is 17.2 Å². The number of carboxylic acids is 1. The number of hydrogen-bond donors (Lipinski definition) is 1. The van der Waals surface area contributed by atoms with Gasteiger partial charge in [-0.15, -0.1) is 0 Å². The predicted octanol–water partition coefficient (Wildman–Crippen LogP) is 3.43. The molecule has 0 aliphatic rings. The molecule has 0 spiro atoms. The SMILES string of the molecule is CCCCOc1ccc(/C=C(/NC(=O)COc2cc(C)c(Cl)c(C)c2)C(=O)[O-])cc1OC. The highest BCUT2D eigenvalue weighted by molar-refractivity contribution is 6.32. The molecule has 0 saturated carbocycles. The van der Waals surface area contributed by atoms with Gasteiger partial charge in [-0.2, -0.15) is 0 Å². The van der Waals surface area contributed by atoms with E-state index in [2.05, 4.69) is 12.2 Å². The first kappa shape index (κ1) is 25.1. The average molecular weight is 461 g/mol. The molecule has 172 valence electrons. The third-order valence-electron chi connectivity index (χ3n) is 4.53. The Morgan fingerprint density at radius 1 is 1.09 bits per heavy atom. The largest absolute Gasteiger partial charge is 0.543 e. The Bertz CT molecular complexity index is 979. The molecule has 0 aliphatic carbocycles. The van der Waals surface area contributed by atoms with E-state index in [0.717, 1.165) is 24.0 Å². The molecule has 2 rings (SSSR count). The first-order valence-electron chi connectivity index (χ1n) is 10.2. The monoisotopic (exact) mass is 460 g/mol. The maximum Gasteiger partial charge on any atom is 0.262 e. The van der Waals surface area contributed by atoms with Crippen molar-refractivity contribution in [1.82, 2.24) is 5.32 Å². The second-order valence-corrected chi connectivity index (χ2v) is 7.54. The van der Waals surface area contributed by atoms with Crippen LogP contribution in [0.2, 0.25) is 5.02 Å². The second kappa shape index (κ2) is 12.0. The molecule has 0 heterocycles. The lowest BCUT2D eigenvalue weighted by molar-refractivity contribution is -0.299. The number of benzene rings is 2. The van der Waals surface area contributed by atoms with Gasteiger partial charge in [0.2, 0.25) is 0 Å². The molecular formula is C24H27ClNO6-. The molecule has 1 N–H and O–H groups in total. The van der Waals surface area contributed by atoms with Crippen LogP contribution in [0.15, 0.2) is 36.0 Å². The fraction of sp³-hybridized carbons (Fsp3) is 0.333. The Hall–Kier alpha value is -3.19. The third-order valence-corrected chi connectivity index (χ3v) is 5.12. The molecule has 0 saturated heterocycles. The zero-order valence-corrected chi connectivity index (χ0v) is 19.4. The standard InChI is InChI=1S/C24H28ClNO6/c1-5-6-9-31-20-8-7-17(13-21(20)30-4)12-19(24(28)29)26-22(27)14-32-18-10-15(2)23(25)16(3)11-18/h7-8,10-13H,5-6,9,14H2,1-4H3,(H,26,27)(H,28,29)/p-1/b19-12+. The Balaban J connectivity index is 2.09. The summed E-state index contributed by atoms with van der Waals surface area (Å²) in [5.41, 5.74) is 1.72. The van der Waals surface area contributed by atoms with Crippen molar-refractivity contribution in [3.05, 3.63) is 57.7 Å². The van der Waals surface area contributed by atoms with Crippen molar-refractivity contribution < 1.29 is 28.9 Å². The molecule has 1 amide bonds. The molecule has 0 bridgehead atoms. The molecule has 0 fully saturated rings. The molecule has 0 radical (unpaired) electrons. The third kappa shape index (κ3) is 7.20. The smallest absolute Gasteiger partial charge is 0.262 e. The van der Waals surface area contributed by atoms with Gasteiger partial charge in [0.1, 0.15) is 5.75 Å². The molecule has 0 aromatic heterocycles. The minimum Gasteiger partial charge on any atom is -0.543 e. The number of unbranched alkanes of at least 4 members (excludes halogenated alkanes) is 1. The van der Waals surface area contributed by atoms with Crippen molar-refractivity contribution in [2.45, 2.75) is 33.6 Å². The maximum atomic E-state index is 12.2. The molecule has 2 aromatic rings. The summed E-state index contributed by atoms with van der Waals surface area (Å²) in [5.74, 6) is -0.701. The Kier molecular flexibility index (Phi) is 9.40. The lowest BCUT2D eigenvalue weighted by atomic mass is 10.1. The molecule has 0 unspecified atom stereocenters. The van der Waals surface area contributed by atoms with E-state index in [1.807, 2.05) is 13.8 Å². The van der Waals surface area contributed by atoms with Gasteiger partial charge in [-0.1, -0.05) is 31.0 Å². The van der Waals surface area contributed by atoms with E-state index in [-0.39, 0.29) is 6.61 Å². The van der Waals surface area contributed by atoms with Gasteiger partial charge in [0.05, 0.1) is 25.4 Å². The van der Waals surface area contributed by atoms with Gasteiger partial charge in [0.15, 0.2) is 18.1 Å². The number of carbonyl (C=O) groups is 2. The van der Waals surface area contributed by atoms with E-state index in [1.165, 1.54) is 13.2 Å². The van der Waals surface area contributed by atoms with Gasteiger partial charge < -0.3 is 29.4 Å². The van der Waals surface area contributed by atoms with E-state index in [1.54, 1.807) is 30.3 Å². The number of carbonyl (C=O) groups excluding carboxylic acids is 2. The second-order valence-electron chi connectivity index (χ2n) is 7.17. The molecule has 32 heavy (non-hydrogen) atoms. The summed E-state index contributed by atoms with van der Waals surface area (Å²) in [6, 6.07) is 8.37. The number of halogens is 1. The molecular weight excluding hydrogens is 434 g/mol. The normalized spacial score (nSPS) is 11.1. The minimum absolute atomic E-state index is 0.376. The lowest BCUT2D eigenvalue weighted by Crippen LogP contribution is -2.37. The van der Waals surface area contributed by atoms with Crippen molar-refractivity contribution in [3.63, 3.8) is 0 Å². The van der Waals surface area contributed by atoms with Crippen LogP contribution in [-0.4, -0.2) is 32.2 Å². The number of nitrogens with one attached hydrogen (secondary N) is 1. The topological polar surface area (TPSA) is 96.9 Å². The number of hydrogen-bond acceptors (Lipinski definition) is 6. The van der Waals surface area contributed by atoms with Gasteiger partial charge >= 0.3 is 0 Å². The van der Waals surface area contributed by atoms with Crippen LogP contribution in [0.4, 0.5) is 0 Å². The van der Waals surface area contributed by atoms with Crippen LogP contribution in [0.25, 0.3) is 6.08 Å². The van der Waals surface area contributed by atoms with E-state index >= 15 is 0 Å². The fourth-order valence-corrected chi connectivity index (χ4v) is 2.97. The Morgan fingerprint density at radius 2 is 1.78 bits per heavy atom. The number of ether oxygens (including phenoxy) is 3. The van der Waals surface area contributed by atoms with Gasteiger partial charge in [0.25, 0.3) is 5.91 Å². The summed E-state index contributed by atoms with van der Waals surface area (Å²) in [6.45, 7) is 5.89. The molecule has 2 aromatic carbocycles. The predicted molar refractivity (Wildman–Crippen MR) is 121 cm³/mol. The molecule has 0 aliphatic heterocycles. The van der Waals surface area contributed by atoms with Crippen LogP contribution in [0.3, 0.4) is 0 Å². The number of methoxy groups -OCH3 is 1. The summed E-state index contributed by atoms with van der Waals surface area (Å²) >= 11 is 6.12. The first-order chi connectivity index (χ1) is 15.2. The summed E-state index contributed by atoms with van der Waals surface area (Å²) < 4.78 is 16.5. The van der Waals surface area contributed by atoms with Crippen LogP contribution in [0, 0.1) is 13.8 Å². The summed E-state index contributed by atoms with van der Waals surface area (Å²) in [7, 11) is 1.49. The van der Waals surface area contributed by atoms with Crippen molar-refractivity contribution in [1.29, 1.82) is 0 Å². The van der Waals surface area contributed by atoms with Crippen LogP contribution < -0.4 is 24.6 Å². The van der Waals surface area contributed by atoms with E-state index in [4.69, 9.17) is 25.8 Å². The number of rotatable bonds is 11. The zero-order valence-electron chi connectivity index (χ0n) is 18.6. The maximum absolute atomic E-state index is 12.2. The van der Waals surface area contributed by atoms with E-state index < -0.39 is 17.6 Å². The van der Waals surface area contributed by atoms with E-state index in [0.29, 0.717) is 34.4 Å². The molecule has 8 heteroatoms. The van der Waals surface area contributed by atoms with Gasteiger partial charge in [-0.25, -0.2) is 0 Å². The minimum atomic E-state index is -1.53. The van der Waals surface area contributed by atoms with Crippen LogP contribution in [0.1, 0.15) is 36.5 Å². The first-order valence-corrected chi connectivity index (χ1v) is 10.6. The van der Waals surface area contributed by atoms with Crippen LogP contribution in [0.5, 0.6) is 17.2 Å². The van der Waals surface area contributed by atoms with E-state index in [9.17, 15) is 14.7 Å². The summed E-state index contributed by atoms with van der Waals surface area (Å²) in [4.78, 5) is 23.8. The number of amides is 1. The number of carboxylic acid groups (broad SMARTS) is 1. The number of aryl methyl sites for hydroxylation is 2. The quantitative estimate of drug-likeness (QED) is 0.407. The highest BCUT2D eigenvalue weighted by atomic mass is 35.5. The van der Waals surface area contributed by atoms with Crippen molar-refractivity contribution in [2.75, 3.05) is 20.3 Å². The Morgan fingerprint density at radius 3 is 2.38 bits per heavy atom. The average Bonchev–Trinajstić information content (AvgIpc) is 2.76. The van der Waals surface area contributed by atoms with Gasteiger partial charge in [-0.05, 0) is 67.3 Å². The highest BCUT2D eigenvalue weighted by Gasteiger charge is 2.11. The highest BCUT2D eigenvalue weighted by Crippen LogP contribution is 2.29. The Labute approximate surface area is 192 Å². The lowest BCUT2D eigenvalue weighted by Gasteiger charge is -2.14. The van der Waals surface area contributed by atoms with Crippen LogP contribution >= 0.6 is 11.6 Å². The van der Waals surface area contributed by atoms with Gasteiger partial charge in [0, 0.05) is 5.02 Å². The van der Waals surface area contributed by atoms with Crippen molar-refractivity contribution >= 4 is 29.6 Å². The van der Waals surface area contributed by atoms with Crippen molar-refractivity contribution in [2.24, 2.45) is 0 Å². The van der Waals surface area contributed by atoms with Crippen LogP contribution in [-0.2, 0) is 9.59 Å². The summed E-state index contributed by atoms with van der Waals surface area (Å²) in [6.07, 6.45) is 3.18. The fourth-order valence-electron chi connectivity index (χ4n) is 2.86. The number of aliphatic carboxylic acids is 1. The van der Waals surface area contributed by atoms with Gasteiger partial charge in [-0.3, -0.25) is 4.79 Å². The zero-order chi connectivity index (χ0) is 23.7. The molecule has 7 nitrogen and oxygen atoms in total. The molecule has 0 atom stereocenters.